The van der Waals surface area contributed by atoms with Crippen molar-refractivity contribution < 1.29 is 8.42 Å². The topological polar surface area (TPSA) is 85.1 Å². The van der Waals surface area contributed by atoms with Crippen LogP contribution in [-0.4, -0.2) is 30.9 Å². The number of nitrogen functional groups attached to an aromatic ring is 1. The molecule has 0 saturated carbocycles. The third-order valence-electron chi connectivity index (χ3n) is 2.57. The second kappa shape index (κ2) is 5.24. The molecular weight excluding hydrogens is 258 g/mol. The van der Waals surface area contributed by atoms with Crippen molar-refractivity contribution in [3.8, 4) is 0 Å². The predicted octanol–water partition coefficient (Wildman–Crippen LogP) is 0.838. The fourth-order valence-electron chi connectivity index (χ4n) is 1.75. The Bertz CT molecular complexity index is 484. The van der Waals surface area contributed by atoms with E-state index in [4.69, 9.17) is 5.73 Å². The number of thioether (sulfide) groups is 1. The van der Waals surface area contributed by atoms with Crippen LogP contribution >= 0.6 is 11.8 Å². The standard InChI is InChI=1S/C10H15N3O2S2/c11-10-9(4-1-5-12-10)17(14,15)13-8-3-2-6-16-7-8/h1,4-5,8,13H,2-3,6-7H2,(H2,11,12). The number of nitrogens with zero attached hydrogens (tertiary/aromatic N) is 1. The minimum Gasteiger partial charge on any atom is -0.383 e. The van der Waals surface area contributed by atoms with E-state index in [1.807, 2.05) is 0 Å². The Balaban J connectivity index is 2.16. The molecule has 0 aliphatic carbocycles. The van der Waals surface area contributed by atoms with Gasteiger partial charge in [-0.25, -0.2) is 18.1 Å². The fraction of sp³-hybridized carbons (Fsp3) is 0.500. The van der Waals surface area contributed by atoms with Crippen molar-refractivity contribution in [2.75, 3.05) is 17.2 Å². The number of hydrogen-bond acceptors (Lipinski definition) is 5. The Morgan fingerprint density at radius 1 is 1.53 bits per heavy atom. The monoisotopic (exact) mass is 273 g/mol. The van der Waals surface area contributed by atoms with E-state index in [1.165, 1.54) is 12.3 Å². The SMILES string of the molecule is Nc1ncccc1S(=O)(=O)NC1CCCSC1. The van der Waals surface area contributed by atoms with Crippen molar-refractivity contribution in [3.05, 3.63) is 18.3 Å². The highest BCUT2D eigenvalue weighted by atomic mass is 32.2. The van der Waals surface area contributed by atoms with E-state index in [2.05, 4.69) is 9.71 Å². The quantitative estimate of drug-likeness (QED) is 0.852. The van der Waals surface area contributed by atoms with Crippen LogP contribution in [0.5, 0.6) is 0 Å². The average Bonchev–Trinajstić information content (AvgIpc) is 2.30. The van der Waals surface area contributed by atoms with E-state index < -0.39 is 10.0 Å². The molecule has 1 aromatic heterocycles. The number of hydrogen-bond donors (Lipinski definition) is 2. The third kappa shape index (κ3) is 3.11. The number of aromatic nitrogens is 1. The first-order valence-electron chi connectivity index (χ1n) is 5.40. The summed E-state index contributed by atoms with van der Waals surface area (Å²) >= 11 is 1.77. The zero-order valence-electron chi connectivity index (χ0n) is 9.30. The molecule has 94 valence electrons. The maximum Gasteiger partial charge on any atom is 0.244 e. The minimum absolute atomic E-state index is 0.00152. The molecule has 0 bridgehead atoms. The highest BCUT2D eigenvalue weighted by Gasteiger charge is 2.23. The van der Waals surface area contributed by atoms with Gasteiger partial charge in [0.05, 0.1) is 0 Å². The van der Waals surface area contributed by atoms with Crippen molar-refractivity contribution in [2.24, 2.45) is 0 Å². The first-order chi connectivity index (χ1) is 8.09. The number of rotatable bonds is 3. The van der Waals surface area contributed by atoms with Crippen LogP contribution in [0.4, 0.5) is 5.82 Å². The van der Waals surface area contributed by atoms with E-state index in [1.54, 1.807) is 17.8 Å². The molecule has 0 spiro atoms. The van der Waals surface area contributed by atoms with Crippen molar-refractivity contribution in [1.82, 2.24) is 9.71 Å². The van der Waals surface area contributed by atoms with Gasteiger partial charge in [-0.2, -0.15) is 11.8 Å². The van der Waals surface area contributed by atoms with E-state index >= 15 is 0 Å². The van der Waals surface area contributed by atoms with E-state index in [9.17, 15) is 8.42 Å². The summed E-state index contributed by atoms with van der Waals surface area (Å²) in [5.41, 5.74) is 5.58. The molecule has 0 aromatic carbocycles. The third-order valence-corrected chi connectivity index (χ3v) is 5.35. The Morgan fingerprint density at radius 2 is 2.35 bits per heavy atom. The van der Waals surface area contributed by atoms with Crippen LogP contribution in [0.15, 0.2) is 23.2 Å². The summed E-state index contributed by atoms with van der Waals surface area (Å²) in [5.74, 6) is 1.97. The molecular formula is C10H15N3O2S2. The van der Waals surface area contributed by atoms with Gasteiger partial charge in [0.25, 0.3) is 0 Å². The van der Waals surface area contributed by atoms with Crippen molar-refractivity contribution in [3.63, 3.8) is 0 Å². The summed E-state index contributed by atoms with van der Waals surface area (Å²) in [5, 5.41) is 0. The number of anilines is 1. The molecule has 17 heavy (non-hydrogen) atoms. The summed E-state index contributed by atoms with van der Waals surface area (Å²) in [6.45, 7) is 0. The first kappa shape index (κ1) is 12.7. The Labute approximate surface area is 105 Å². The lowest BCUT2D eigenvalue weighted by Crippen LogP contribution is -2.38. The summed E-state index contributed by atoms with van der Waals surface area (Å²) < 4.78 is 26.8. The van der Waals surface area contributed by atoms with Crippen LogP contribution < -0.4 is 10.5 Å². The predicted molar refractivity (Wildman–Crippen MR) is 69.3 cm³/mol. The molecule has 1 fully saturated rings. The molecule has 1 atom stereocenters. The molecule has 3 N–H and O–H groups in total. The maximum absolute atomic E-state index is 12.1. The molecule has 2 rings (SSSR count). The summed E-state index contributed by atoms with van der Waals surface area (Å²) in [4.78, 5) is 3.86. The second-order valence-corrected chi connectivity index (χ2v) is 6.75. The van der Waals surface area contributed by atoms with Crippen molar-refractivity contribution in [1.29, 1.82) is 0 Å². The summed E-state index contributed by atoms with van der Waals surface area (Å²) in [6.07, 6.45) is 3.40. The molecule has 1 unspecified atom stereocenters. The van der Waals surface area contributed by atoms with Crippen LogP contribution in [-0.2, 0) is 10.0 Å². The molecule has 2 heterocycles. The molecule has 1 saturated heterocycles. The lowest BCUT2D eigenvalue weighted by atomic mass is 10.2. The average molecular weight is 273 g/mol. The van der Waals surface area contributed by atoms with Gasteiger partial charge >= 0.3 is 0 Å². The van der Waals surface area contributed by atoms with Gasteiger partial charge in [0.15, 0.2) is 0 Å². The zero-order valence-corrected chi connectivity index (χ0v) is 10.9. The fourth-order valence-corrected chi connectivity index (χ4v) is 4.28. The van der Waals surface area contributed by atoms with Crippen LogP contribution in [0.1, 0.15) is 12.8 Å². The largest absolute Gasteiger partial charge is 0.383 e. The maximum atomic E-state index is 12.1. The molecule has 0 radical (unpaired) electrons. The zero-order chi connectivity index (χ0) is 12.3. The number of pyridine rings is 1. The lowest BCUT2D eigenvalue weighted by molar-refractivity contribution is 0.543. The van der Waals surface area contributed by atoms with Gasteiger partial charge < -0.3 is 5.73 Å². The second-order valence-electron chi connectivity index (χ2n) is 3.92. The highest BCUT2D eigenvalue weighted by molar-refractivity contribution is 7.99. The number of nitrogens with one attached hydrogen (secondary N) is 1. The summed E-state index contributed by atoms with van der Waals surface area (Å²) in [6, 6.07) is 3.04. The smallest absolute Gasteiger partial charge is 0.244 e. The Hall–Kier alpha value is -0.790. The van der Waals surface area contributed by atoms with Crippen LogP contribution in [0, 0.1) is 0 Å². The summed E-state index contributed by atoms with van der Waals surface area (Å²) in [7, 11) is -3.54. The van der Waals surface area contributed by atoms with Gasteiger partial charge in [0, 0.05) is 18.0 Å². The van der Waals surface area contributed by atoms with E-state index in [-0.39, 0.29) is 16.8 Å². The number of nitrogens with two attached hydrogens (primary N) is 1. The van der Waals surface area contributed by atoms with Crippen molar-refractivity contribution in [2.45, 2.75) is 23.8 Å². The Kier molecular flexibility index (Phi) is 3.90. The van der Waals surface area contributed by atoms with Crippen LogP contribution in [0.2, 0.25) is 0 Å². The first-order valence-corrected chi connectivity index (χ1v) is 8.04. The molecule has 7 heteroatoms. The van der Waals surface area contributed by atoms with Crippen LogP contribution in [0.3, 0.4) is 0 Å². The normalized spacial score (nSPS) is 21.3. The van der Waals surface area contributed by atoms with Gasteiger partial charge in [-0.1, -0.05) is 0 Å². The molecule has 1 aromatic rings. The van der Waals surface area contributed by atoms with Gasteiger partial charge in [0.2, 0.25) is 10.0 Å². The van der Waals surface area contributed by atoms with Crippen molar-refractivity contribution >= 4 is 27.6 Å². The molecule has 1 aliphatic rings. The minimum atomic E-state index is -3.54. The molecule has 0 amide bonds. The van der Waals surface area contributed by atoms with Gasteiger partial charge in [-0.15, -0.1) is 0 Å². The Morgan fingerprint density at radius 3 is 3.00 bits per heavy atom. The van der Waals surface area contributed by atoms with E-state index in [0.29, 0.717) is 0 Å². The van der Waals surface area contributed by atoms with Crippen LogP contribution in [0.25, 0.3) is 0 Å². The molecule has 5 nitrogen and oxygen atoms in total. The lowest BCUT2D eigenvalue weighted by Gasteiger charge is -2.22. The highest BCUT2D eigenvalue weighted by Crippen LogP contribution is 2.20. The molecule has 1 aliphatic heterocycles. The van der Waals surface area contributed by atoms with Gasteiger partial charge in [0.1, 0.15) is 10.7 Å². The van der Waals surface area contributed by atoms with Gasteiger partial charge in [-0.3, -0.25) is 0 Å². The number of sulfonamides is 1. The van der Waals surface area contributed by atoms with Gasteiger partial charge in [-0.05, 0) is 30.7 Å². The van der Waals surface area contributed by atoms with E-state index in [0.717, 1.165) is 24.3 Å².